The van der Waals surface area contributed by atoms with Crippen LogP contribution in [-0.4, -0.2) is 0 Å². The zero-order chi connectivity index (χ0) is 81.8. The summed E-state index contributed by atoms with van der Waals surface area (Å²) >= 11 is 0. The molecule has 0 aromatic heterocycles. The molecule has 8 aromatic carbocycles. The van der Waals surface area contributed by atoms with Crippen molar-refractivity contribution < 1.29 is 13.2 Å². The van der Waals surface area contributed by atoms with Crippen LogP contribution in [0.3, 0.4) is 0 Å². The van der Waals surface area contributed by atoms with E-state index < -0.39 is 17.0 Å². The molecule has 0 radical (unpaired) electrons. The van der Waals surface area contributed by atoms with Crippen LogP contribution in [-0.2, 0) is 56.2 Å². The van der Waals surface area contributed by atoms with Crippen molar-refractivity contribution >= 4 is 0 Å². The smallest absolute Gasteiger partial charge is 0.129 e. The first-order valence-electron chi connectivity index (χ1n) is 39.4. The van der Waals surface area contributed by atoms with Gasteiger partial charge in [-0.3, -0.25) is 0 Å². The molecule has 105 heavy (non-hydrogen) atoms. The van der Waals surface area contributed by atoms with Crippen LogP contribution in [0.25, 0.3) is 0 Å². The van der Waals surface area contributed by atoms with Crippen LogP contribution in [0.4, 0.5) is 13.2 Å². The molecule has 3 heteroatoms. The maximum atomic E-state index is 13.6. The second-order valence-electron chi connectivity index (χ2n) is 38.9. The second kappa shape index (κ2) is 40.1. The Morgan fingerprint density at radius 1 is 0.238 bits per heavy atom. The van der Waals surface area contributed by atoms with Gasteiger partial charge in [-0.05, 0) is 266 Å². The van der Waals surface area contributed by atoms with Gasteiger partial charge in [-0.2, -0.15) is 0 Å². The van der Waals surface area contributed by atoms with Crippen LogP contribution >= 0.6 is 0 Å². The lowest BCUT2D eigenvalue weighted by atomic mass is 9.75. The minimum atomic E-state index is -0.477. The maximum absolute atomic E-state index is 13.6. The molecule has 0 nitrogen and oxygen atoms in total. The van der Waals surface area contributed by atoms with Crippen LogP contribution in [0.2, 0.25) is 0 Å². The highest BCUT2D eigenvalue weighted by molar-refractivity contribution is 5.46. The molecule has 8 rings (SSSR count). The van der Waals surface area contributed by atoms with Crippen molar-refractivity contribution in [2.24, 2.45) is 0 Å². The third kappa shape index (κ3) is 30.6. The Morgan fingerprint density at radius 3 is 0.781 bits per heavy atom. The molecule has 0 amide bonds. The Morgan fingerprint density at radius 2 is 0.505 bits per heavy atom. The fraction of sp³-hybridized carbons (Fsp3) is 0.529. The van der Waals surface area contributed by atoms with E-state index in [9.17, 15) is 13.2 Å². The molecule has 0 saturated carbocycles. The Hall–Kier alpha value is -6.45. The highest BCUT2D eigenvalue weighted by atomic mass is 19.1. The summed E-state index contributed by atoms with van der Waals surface area (Å²) in [6.45, 7) is 90.0. The standard InChI is InChI=1S/C16H26.2C14H22.C13H20.C12H17F.C12H18.C11H16.C10H12F2/c1-11(2)13-9-8-10-14(12(3)4)15(13)16(5,6)7;1-10(2)12-9-7-8-11(3)13(12)14(4,5)6;1-6-11-9-8-10-12(7-2)13(11)14(3,4)5;1-9-7-10(2)12(11(3)8-9)13(4,5)6;1-8-6-9(2)11(10(13)7-8)12(3,4)5;1-9-7-6-8-10(2)11(9)12(3,4)5;1-9-7-5-6-8-10(9)11(2,3)4;1-10(2,3)9-7(11)5-4-6-8(9)12/h8-12H,1-7H3;7-10H,1-6H3;8-10H,6-7H2,1-5H3;7-8H,1-6H3;6-7H,1-5H3;6-8H,1-5H3;5-8H,1-4H3;4-6H,1-3H3. The molecule has 0 unspecified atom stereocenters. The minimum absolute atomic E-state index is 0.0787. The summed E-state index contributed by atoms with van der Waals surface area (Å²) in [5.41, 5.74) is 30.5. The summed E-state index contributed by atoms with van der Waals surface area (Å²) in [4.78, 5) is 0. The Labute approximate surface area is 646 Å². The molecule has 0 aliphatic rings. The quantitative estimate of drug-likeness (QED) is 0.161. The van der Waals surface area contributed by atoms with E-state index >= 15 is 0 Å². The van der Waals surface area contributed by atoms with Crippen LogP contribution in [0.1, 0.15) is 362 Å². The number of rotatable bonds is 5. The molecule has 0 saturated heterocycles. The molecule has 8 aromatic rings. The zero-order valence-electron chi connectivity index (χ0n) is 75.1. The van der Waals surface area contributed by atoms with Crippen molar-refractivity contribution in [2.45, 2.75) is 358 Å². The molecule has 0 fully saturated rings. The Bertz CT molecular complexity index is 3690. The predicted octanol–water partition coefficient (Wildman–Crippen LogP) is 31.6. The monoisotopic (exact) mass is 1440 g/mol. The lowest BCUT2D eigenvalue weighted by Gasteiger charge is -2.29. The van der Waals surface area contributed by atoms with Crippen LogP contribution in [0.5, 0.6) is 0 Å². The lowest BCUT2D eigenvalue weighted by Crippen LogP contribution is -2.18. The summed E-state index contributed by atoms with van der Waals surface area (Å²) in [6, 6.07) is 47.3. The normalized spacial score (nSPS) is 12.0. The SMILES string of the molecule is CC(C)(C)c1c(F)cccc1F.CC(C)c1cccc(C(C)C)c1C(C)(C)C.CCc1cccc(CC)c1C(C)(C)C.Cc1cc(C)c(C(C)(C)C)c(C)c1.Cc1cc(C)c(C(C)(C)C)c(F)c1.Cc1cccc(C(C)C)c1C(C)(C)C.Cc1cccc(C)c1C(C)(C)C.Cc1ccccc1C(C)(C)C. The Balaban J connectivity index is 0.000000601. The topological polar surface area (TPSA) is 0 Å². The van der Waals surface area contributed by atoms with Gasteiger partial charge in [0, 0.05) is 5.56 Å². The number of hydrogen-bond acceptors (Lipinski definition) is 0. The van der Waals surface area contributed by atoms with Gasteiger partial charge in [0.1, 0.15) is 17.5 Å². The van der Waals surface area contributed by atoms with Crippen molar-refractivity contribution in [3.05, 3.63) is 279 Å². The third-order valence-corrected chi connectivity index (χ3v) is 19.1. The summed E-state index contributed by atoms with van der Waals surface area (Å²) in [5.74, 6) is 0.806. The molecule has 0 aliphatic carbocycles. The average Bonchev–Trinajstić information content (AvgIpc) is 0.820. The predicted molar refractivity (Wildman–Crippen MR) is 465 cm³/mol. The largest absolute Gasteiger partial charge is 0.207 e. The zero-order valence-corrected chi connectivity index (χ0v) is 75.1. The molecule has 0 atom stereocenters. The Kier molecular flexibility index (Phi) is 36.9. The minimum Gasteiger partial charge on any atom is -0.207 e. The van der Waals surface area contributed by atoms with Gasteiger partial charge in [0.2, 0.25) is 0 Å². The van der Waals surface area contributed by atoms with Gasteiger partial charge in [-0.25, -0.2) is 13.2 Å². The number of hydrogen-bond donors (Lipinski definition) is 0. The van der Waals surface area contributed by atoms with Gasteiger partial charge in [0.15, 0.2) is 0 Å². The number of halogens is 3. The fourth-order valence-corrected chi connectivity index (χ4v) is 15.7. The molecular weight excluding hydrogens is 1280 g/mol. The number of benzene rings is 8. The van der Waals surface area contributed by atoms with Crippen molar-refractivity contribution in [3.8, 4) is 0 Å². The molecule has 0 heterocycles. The van der Waals surface area contributed by atoms with E-state index in [0.717, 1.165) is 29.5 Å². The van der Waals surface area contributed by atoms with Crippen molar-refractivity contribution in [3.63, 3.8) is 0 Å². The first-order chi connectivity index (χ1) is 47.6. The van der Waals surface area contributed by atoms with Gasteiger partial charge >= 0.3 is 0 Å². The van der Waals surface area contributed by atoms with Crippen molar-refractivity contribution in [1.29, 1.82) is 0 Å². The maximum Gasteiger partial charge on any atom is 0.129 e. The van der Waals surface area contributed by atoms with Gasteiger partial charge in [-0.15, -0.1) is 0 Å². The summed E-state index contributed by atoms with van der Waals surface area (Å²) in [5, 5.41) is 0. The molecule has 0 spiro atoms. The first-order valence-corrected chi connectivity index (χ1v) is 39.4. The van der Waals surface area contributed by atoms with E-state index in [1.54, 1.807) is 38.0 Å². The van der Waals surface area contributed by atoms with E-state index in [1.165, 1.54) is 107 Å². The van der Waals surface area contributed by atoms with E-state index in [-0.39, 0.29) is 49.3 Å². The highest BCUT2D eigenvalue weighted by Gasteiger charge is 2.27. The molecule has 0 aliphatic heterocycles. The average molecular weight is 1440 g/mol. The van der Waals surface area contributed by atoms with Crippen LogP contribution in [0.15, 0.2) is 140 Å². The first kappa shape index (κ1) is 96.6. The van der Waals surface area contributed by atoms with E-state index in [4.69, 9.17) is 0 Å². The van der Waals surface area contributed by atoms with Gasteiger partial charge in [0.05, 0.1) is 0 Å². The molecule has 0 bridgehead atoms. The molecular formula is C102H153F3. The van der Waals surface area contributed by atoms with Crippen LogP contribution in [0, 0.1) is 79.8 Å². The van der Waals surface area contributed by atoms with E-state index in [1.807, 2.05) is 40.7 Å². The molecule has 582 valence electrons. The van der Waals surface area contributed by atoms with E-state index in [2.05, 4.69) is 338 Å². The lowest BCUT2D eigenvalue weighted by molar-refractivity contribution is 0.475. The van der Waals surface area contributed by atoms with Gasteiger partial charge in [-0.1, -0.05) is 348 Å². The highest BCUT2D eigenvalue weighted by Crippen LogP contribution is 2.39. The van der Waals surface area contributed by atoms with E-state index in [0.29, 0.717) is 17.8 Å². The van der Waals surface area contributed by atoms with Crippen LogP contribution < -0.4 is 0 Å². The third-order valence-electron chi connectivity index (χ3n) is 19.1. The van der Waals surface area contributed by atoms with Gasteiger partial charge < -0.3 is 0 Å². The van der Waals surface area contributed by atoms with Gasteiger partial charge in [0.25, 0.3) is 0 Å². The summed E-state index contributed by atoms with van der Waals surface area (Å²) in [6.07, 6.45) is 2.28. The van der Waals surface area contributed by atoms with Crippen molar-refractivity contribution in [2.75, 3.05) is 0 Å². The summed E-state index contributed by atoms with van der Waals surface area (Å²) < 4.78 is 39.8. The van der Waals surface area contributed by atoms with Crippen molar-refractivity contribution in [1.82, 2.24) is 0 Å². The summed E-state index contributed by atoms with van der Waals surface area (Å²) in [7, 11) is 0. The fourth-order valence-electron chi connectivity index (χ4n) is 15.7. The second-order valence-corrected chi connectivity index (χ2v) is 38.9. The number of aryl methyl sites for hydroxylation is 11. The molecule has 0 N–H and O–H groups in total.